The van der Waals surface area contributed by atoms with E-state index in [1.807, 2.05) is 25.1 Å². The van der Waals surface area contributed by atoms with Gasteiger partial charge in [-0.25, -0.2) is 0 Å². The number of nitrogens with zero attached hydrogens (tertiary/aromatic N) is 4. The summed E-state index contributed by atoms with van der Waals surface area (Å²) in [6.07, 6.45) is 4.36. The molecule has 24 heavy (non-hydrogen) atoms. The summed E-state index contributed by atoms with van der Waals surface area (Å²) in [5.41, 5.74) is 1.07. The van der Waals surface area contributed by atoms with Crippen molar-refractivity contribution in [1.29, 1.82) is 0 Å². The lowest BCUT2D eigenvalue weighted by atomic mass is 10.1. The lowest BCUT2D eigenvalue weighted by Crippen LogP contribution is -2.30. The second kappa shape index (κ2) is 8.35. The van der Waals surface area contributed by atoms with Crippen molar-refractivity contribution in [2.75, 3.05) is 19.7 Å². The summed E-state index contributed by atoms with van der Waals surface area (Å²) in [6, 6.07) is 10.2. The second-order valence-corrected chi connectivity index (χ2v) is 6.48. The number of rotatable bonds is 6. The fraction of sp³-hybridized carbons (Fsp3) is 0.500. The first-order chi connectivity index (χ1) is 11.8. The molecule has 1 saturated heterocycles. The molecule has 1 aliphatic heterocycles. The van der Waals surface area contributed by atoms with Crippen LogP contribution < -0.4 is 0 Å². The minimum absolute atomic E-state index is 0.505. The molecule has 0 spiro atoms. The highest BCUT2D eigenvalue weighted by Gasteiger charge is 2.19. The van der Waals surface area contributed by atoms with Crippen molar-refractivity contribution in [1.82, 2.24) is 19.7 Å². The largest absolute Gasteiger partial charge is 0.487 e. The number of hydrogen-bond acceptors (Lipinski definition) is 5. The zero-order valence-corrected chi connectivity index (χ0v) is 15.0. The number of ether oxygens (including phenoxy) is 1. The number of aromatic nitrogens is 3. The molecule has 0 bridgehead atoms. The van der Waals surface area contributed by atoms with Crippen LogP contribution in [0.25, 0.3) is 5.69 Å². The molecule has 2 heterocycles. The van der Waals surface area contributed by atoms with E-state index >= 15 is 0 Å². The number of para-hydroxylation sites is 1. The standard InChI is InChI=1S/C18H24N4OS/c1-2-23-18(24)13-16-19-20-17(14-21-11-7-4-8-12-21)22(16)15-9-5-3-6-10-15/h3,5-6,9-10H,2,4,7-8,11-14H2,1H3. The minimum atomic E-state index is 0.505. The van der Waals surface area contributed by atoms with Gasteiger partial charge in [-0.1, -0.05) is 24.6 Å². The Balaban J connectivity index is 1.87. The van der Waals surface area contributed by atoms with Gasteiger partial charge in [-0.15, -0.1) is 10.2 Å². The minimum Gasteiger partial charge on any atom is -0.487 e. The van der Waals surface area contributed by atoms with Crippen molar-refractivity contribution in [3.05, 3.63) is 42.0 Å². The molecule has 0 unspecified atom stereocenters. The predicted octanol–water partition coefficient (Wildman–Crippen LogP) is 3.16. The van der Waals surface area contributed by atoms with E-state index in [1.54, 1.807) is 0 Å². The molecule has 128 valence electrons. The Bertz CT molecular complexity index is 665. The van der Waals surface area contributed by atoms with Crippen LogP contribution in [0.2, 0.25) is 0 Å². The molecule has 0 N–H and O–H groups in total. The van der Waals surface area contributed by atoms with Gasteiger partial charge in [-0.05, 0) is 57.2 Å². The molecule has 0 aliphatic carbocycles. The smallest absolute Gasteiger partial charge is 0.167 e. The summed E-state index contributed by atoms with van der Waals surface area (Å²) in [4.78, 5) is 2.46. The lowest BCUT2D eigenvalue weighted by molar-refractivity contribution is 0.214. The Labute approximate surface area is 148 Å². The van der Waals surface area contributed by atoms with Gasteiger partial charge in [-0.3, -0.25) is 9.47 Å². The van der Waals surface area contributed by atoms with Gasteiger partial charge in [0.25, 0.3) is 0 Å². The number of hydrogen-bond donors (Lipinski definition) is 0. The van der Waals surface area contributed by atoms with E-state index < -0.39 is 0 Å². The zero-order valence-electron chi connectivity index (χ0n) is 14.1. The average Bonchev–Trinajstić information content (AvgIpc) is 2.99. The molecule has 0 saturated carbocycles. The number of likely N-dealkylation sites (tertiary alicyclic amines) is 1. The molecule has 6 heteroatoms. The molecule has 0 amide bonds. The summed E-state index contributed by atoms with van der Waals surface area (Å²) in [5, 5.41) is 9.42. The maximum Gasteiger partial charge on any atom is 0.167 e. The molecule has 3 rings (SSSR count). The first-order valence-electron chi connectivity index (χ1n) is 8.64. The summed E-state index contributed by atoms with van der Waals surface area (Å²) in [6.45, 7) is 5.61. The molecular formula is C18H24N4OS. The van der Waals surface area contributed by atoms with Crippen molar-refractivity contribution in [2.24, 2.45) is 0 Å². The highest BCUT2D eigenvalue weighted by molar-refractivity contribution is 7.80. The van der Waals surface area contributed by atoms with Crippen molar-refractivity contribution >= 4 is 17.3 Å². The van der Waals surface area contributed by atoms with Gasteiger partial charge in [0.2, 0.25) is 0 Å². The molecule has 5 nitrogen and oxygen atoms in total. The van der Waals surface area contributed by atoms with Crippen molar-refractivity contribution in [3.8, 4) is 5.69 Å². The third kappa shape index (κ3) is 4.19. The van der Waals surface area contributed by atoms with Crippen molar-refractivity contribution < 1.29 is 4.74 Å². The Hall–Kier alpha value is -1.79. The van der Waals surface area contributed by atoms with E-state index in [-0.39, 0.29) is 0 Å². The van der Waals surface area contributed by atoms with Gasteiger partial charge < -0.3 is 4.74 Å². The Morgan fingerprint density at radius 1 is 1.08 bits per heavy atom. The maximum absolute atomic E-state index is 5.44. The molecule has 1 aliphatic rings. The maximum atomic E-state index is 5.44. The number of benzene rings is 1. The van der Waals surface area contributed by atoms with Crippen LogP contribution in [0.15, 0.2) is 30.3 Å². The lowest BCUT2D eigenvalue weighted by Gasteiger charge is -2.26. The monoisotopic (exact) mass is 344 g/mol. The van der Waals surface area contributed by atoms with E-state index in [4.69, 9.17) is 17.0 Å². The van der Waals surface area contributed by atoms with Crippen LogP contribution in [0, 0.1) is 0 Å². The number of thiocarbonyl (C=S) groups is 1. The Kier molecular flexibility index (Phi) is 5.93. The first kappa shape index (κ1) is 17.0. The van der Waals surface area contributed by atoms with E-state index in [2.05, 4.69) is 31.8 Å². The first-order valence-corrected chi connectivity index (χ1v) is 9.05. The van der Waals surface area contributed by atoms with Crippen LogP contribution >= 0.6 is 12.2 Å². The van der Waals surface area contributed by atoms with Gasteiger partial charge in [0.05, 0.1) is 19.6 Å². The van der Waals surface area contributed by atoms with Crippen LogP contribution in [-0.4, -0.2) is 44.4 Å². The topological polar surface area (TPSA) is 43.2 Å². The van der Waals surface area contributed by atoms with Crippen LogP contribution in [-0.2, 0) is 17.7 Å². The summed E-state index contributed by atoms with van der Waals surface area (Å²) >= 11 is 5.30. The summed E-state index contributed by atoms with van der Waals surface area (Å²) in [7, 11) is 0. The van der Waals surface area contributed by atoms with Crippen LogP contribution in [0.5, 0.6) is 0 Å². The molecule has 0 atom stereocenters. The molecule has 2 aromatic rings. The zero-order chi connectivity index (χ0) is 16.8. The summed E-state index contributed by atoms with van der Waals surface area (Å²) < 4.78 is 7.56. The highest BCUT2D eigenvalue weighted by Crippen LogP contribution is 2.18. The Morgan fingerprint density at radius 2 is 1.79 bits per heavy atom. The van der Waals surface area contributed by atoms with Gasteiger partial charge in [-0.2, -0.15) is 0 Å². The van der Waals surface area contributed by atoms with Gasteiger partial charge >= 0.3 is 0 Å². The van der Waals surface area contributed by atoms with E-state index in [1.165, 1.54) is 19.3 Å². The third-order valence-corrected chi connectivity index (χ3v) is 4.50. The fourth-order valence-electron chi connectivity index (χ4n) is 3.10. The van der Waals surface area contributed by atoms with Crippen LogP contribution in [0.3, 0.4) is 0 Å². The highest BCUT2D eigenvalue weighted by atomic mass is 32.1. The second-order valence-electron chi connectivity index (χ2n) is 6.02. The number of piperidine rings is 1. The van der Waals surface area contributed by atoms with Gasteiger partial charge in [0, 0.05) is 5.69 Å². The SMILES string of the molecule is CCOC(=S)Cc1nnc(CN2CCCCC2)n1-c1ccccc1. The summed E-state index contributed by atoms with van der Waals surface area (Å²) in [5.74, 6) is 1.81. The molecule has 1 aromatic heterocycles. The van der Waals surface area contributed by atoms with Gasteiger partial charge in [0.1, 0.15) is 5.82 Å². The normalized spacial score (nSPS) is 15.4. The molecular weight excluding hydrogens is 320 g/mol. The van der Waals surface area contributed by atoms with Crippen LogP contribution in [0.4, 0.5) is 0 Å². The van der Waals surface area contributed by atoms with Crippen LogP contribution in [0.1, 0.15) is 37.8 Å². The van der Waals surface area contributed by atoms with E-state index in [0.717, 1.165) is 37.0 Å². The van der Waals surface area contributed by atoms with E-state index in [0.29, 0.717) is 18.1 Å². The Morgan fingerprint density at radius 3 is 2.50 bits per heavy atom. The molecule has 1 aromatic carbocycles. The quantitative estimate of drug-likeness (QED) is 0.753. The van der Waals surface area contributed by atoms with E-state index in [9.17, 15) is 0 Å². The molecule has 1 fully saturated rings. The average molecular weight is 344 g/mol. The third-order valence-electron chi connectivity index (χ3n) is 4.23. The van der Waals surface area contributed by atoms with Crippen molar-refractivity contribution in [2.45, 2.75) is 39.2 Å². The van der Waals surface area contributed by atoms with Crippen molar-refractivity contribution in [3.63, 3.8) is 0 Å². The molecule has 0 radical (unpaired) electrons. The van der Waals surface area contributed by atoms with Gasteiger partial charge in [0.15, 0.2) is 10.9 Å². The predicted molar refractivity (Wildman–Crippen MR) is 98.4 cm³/mol. The fourth-order valence-corrected chi connectivity index (χ4v) is 3.35.